The standard InChI is InChI=1S/C21H30N4O2/c1-20(2,3)14-25-18(11-22-23-25)16-9-7-15(8-10-16)17-12-24(13-17)19(26)27-21(4,5)6/h7-11,17H,12-14H2,1-6H3. The fourth-order valence-electron chi connectivity index (χ4n) is 3.14. The van der Waals surface area contributed by atoms with Crippen LogP contribution in [0.3, 0.4) is 0 Å². The van der Waals surface area contributed by atoms with E-state index >= 15 is 0 Å². The van der Waals surface area contributed by atoms with Crippen molar-refractivity contribution in [1.29, 1.82) is 0 Å². The number of rotatable bonds is 3. The Morgan fingerprint density at radius 3 is 2.30 bits per heavy atom. The lowest BCUT2D eigenvalue weighted by molar-refractivity contribution is 0.00819. The highest BCUT2D eigenvalue weighted by Gasteiger charge is 2.34. The summed E-state index contributed by atoms with van der Waals surface area (Å²) < 4.78 is 7.38. The van der Waals surface area contributed by atoms with Crippen LogP contribution in [0.1, 0.15) is 53.0 Å². The Labute approximate surface area is 161 Å². The molecule has 2 heterocycles. The maximum atomic E-state index is 12.1. The molecule has 1 amide bonds. The van der Waals surface area contributed by atoms with Gasteiger partial charge in [0, 0.05) is 31.1 Å². The normalized spacial score (nSPS) is 15.6. The van der Waals surface area contributed by atoms with E-state index in [-0.39, 0.29) is 11.5 Å². The Hall–Kier alpha value is -2.37. The fraction of sp³-hybridized carbons (Fsp3) is 0.571. The number of nitrogens with zero attached hydrogens (tertiary/aromatic N) is 4. The Kier molecular flexibility index (Phi) is 5.02. The third-order valence-corrected chi connectivity index (χ3v) is 4.45. The number of ether oxygens (including phenoxy) is 1. The van der Waals surface area contributed by atoms with Gasteiger partial charge < -0.3 is 9.64 Å². The minimum atomic E-state index is -0.451. The zero-order chi connectivity index (χ0) is 19.8. The van der Waals surface area contributed by atoms with E-state index in [0.29, 0.717) is 19.0 Å². The molecule has 1 aliphatic heterocycles. The lowest BCUT2D eigenvalue weighted by atomic mass is 9.91. The van der Waals surface area contributed by atoms with Gasteiger partial charge in [-0.05, 0) is 31.7 Å². The van der Waals surface area contributed by atoms with Gasteiger partial charge in [-0.1, -0.05) is 50.3 Å². The summed E-state index contributed by atoms with van der Waals surface area (Å²) in [6.07, 6.45) is 1.58. The van der Waals surface area contributed by atoms with Crippen molar-refractivity contribution in [1.82, 2.24) is 19.9 Å². The third-order valence-electron chi connectivity index (χ3n) is 4.45. The van der Waals surface area contributed by atoms with Gasteiger partial charge in [-0.25, -0.2) is 9.48 Å². The number of carbonyl (C=O) groups excluding carboxylic acids is 1. The van der Waals surface area contributed by atoms with Gasteiger partial charge in [0.05, 0.1) is 11.9 Å². The van der Waals surface area contributed by atoms with Gasteiger partial charge >= 0.3 is 6.09 Å². The minimum absolute atomic E-state index is 0.138. The van der Waals surface area contributed by atoms with E-state index in [2.05, 4.69) is 55.3 Å². The molecule has 27 heavy (non-hydrogen) atoms. The molecule has 0 atom stereocenters. The highest BCUT2D eigenvalue weighted by molar-refractivity contribution is 5.69. The molecule has 6 nitrogen and oxygen atoms in total. The van der Waals surface area contributed by atoms with E-state index in [1.807, 2.05) is 31.6 Å². The van der Waals surface area contributed by atoms with Crippen LogP contribution in [-0.4, -0.2) is 44.7 Å². The van der Waals surface area contributed by atoms with E-state index in [9.17, 15) is 4.79 Å². The fourth-order valence-corrected chi connectivity index (χ4v) is 3.14. The molecule has 1 saturated heterocycles. The van der Waals surface area contributed by atoms with Crippen molar-refractivity contribution in [3.63, 3.8) is 0 Å². The van der Waals surface area contributed by atoms with Crippen LogP contribution >= 0.6 is 0 Å². The average molecular weight is 370 g/mol. The van der Waals surface area contributed by atoms with Gasteiger partial charge in [0.1, 0.15) is 5.60 Å². The lowest BCUT2D eigenvalue weighted by Crippen LogP contribution is -2.50. The molecule has 1 aromatic heterocycles. The van der Waals surface area contributed by atoms with Crippen LogP contribution in [0.2, 0.25) is 0 Å². The molecule has 2 aromatic rings. The molecular formula is C21H30N4O2. The molecule has 146 valence electrons. The van der Waals surface area contributed by atoms with Gasteiger partial charge in [-0.3, -0.25) is 0 Å². The number of hydrogen-bond donors (Lipinski definition) is 0. The summed E-state index contributed by atoms with van der Waals surface area (Å²) in [7, 11) is 0. The number of carbonyl (C=O) groups is 1. The van der Waals surface area contributed by atoms with Crippen molar-refractivity contribution >= 4 is 6.09 Å². The monoisotopic (exact) mass is 370 g/mol. The van der Waals surface area contributed by atoms with E-state index in [0.717, 1.165) is 17.8 Å². The topological polar surface area (TPSA) is 60.2 Å². The molecule has 0 unspecified atom stereocenters. The molecule has 6 heteroatoms. The largest absolute Gasteiger partial charge is 0.444 e. The summed E-state index contributed by atoms with van der Waals surface area (Å²) in [6.45, 7) is 14.5. The Morgan fingerprint density at radius 1 is 1.11 bits per heavy atom. The molecule has 1 aromatic carbocycles. The number of likely N-dealkylation sites (tertiary alicyclic amines) is 1. The van der Waals surface area contributed by atoms with Crippen LogP contribution in [-0.2, 0) is 11.3 Å². The van der Waals surface area contributed by atoms with Crippen LogP contribution in [0.25, 0.3) is 11.3 Å². The number of amides is 1. The molecule has 0 saturated carbocycles. The second-order valence-corrected chi connectivity index (χ2v) is 9.54. The molecule has 0 bridgehead atoms. The predicted molar refractivity (Wildman–Crippen MR) is 105 cm³/mol. The van der Waals surface area contributed by atoms with Crippen LogP contribution in [0, 0.1) is 5.41 Å². The van der Waals surface area contributed by atoms with Gasteiger partial charge in [-0.15, -0.1) is 5.10 Å². The van der Waals surface area contributed by atoms with E-state index in [1.165, 1.54) is 5.56 Å². The summed E-state index contributed by atoms with van der Waals surface area (Å²) in [6, 6.07) is 8.51. The van der Waals surface area contributed by atoms with Gasteiger partial charge in [0.2, 0.25) is 0 Å². The smallest absolute Gasteiger partial charge is 0.410 e. The molecule has 0 aliphatic carbocycles. The number of hydrogen-bond acceptors (Lipinski definition) is 4. The SMILES string of the molecule is CC(C)(C)Cn1nncc1-c1ccc(C2CN(C(=O)OC(C)(C)C)C2)cc1. The molecular weight excluding hydrogens is 340 g/mol. The zero-order valence-corrected chi connectivity index (χ0v) is 17.2. The molecule has 1 fully saturated rings. The maximum absolute atomic E-state index is 12.1. The summed E-state index contributed by atoms with van der Waals surface area (Å²) in [5.41, 5.74) is 3.07. The first-order valence-electron chi connectivity index (χ1n) is 9.49. The van der Waals surface area contributed by atoms with Gasteiger partial charge in [0.15, 0.2) is 0 Å². The first-order chi connectivity index (χ1) is 12.5. The molecule has 3 rings (SSSR count). The maximum Gasteiger partial charge on any atom is 0.410 e. The second kappa shape index (κ2) is 6.98. The first-order valence-corrected chi connectivity index (χ1v) is 9.49. The van der Waals surface area contributed by atoms with Crippen molar-refractivity contribution in [2.45, 2.75) is 59.6 Å². The lowest BCUT2D eigenvalue weighted by Gasteiger charge is -2.40. The minimum Gasteiger partial charge on any atom is -0.444 e. The van der Waals surface area contributed by atoms with E-state index in [4.69, 9.17) is 4.74 Å². The molecule has 0 N–H and O–H groups in total. The zero-order valence-electron chi connectivity index (χ0n) is 17.2. The predicted octanol–water partition coefficient (Wildman–Crippen LogP) is 4.33. The number of aromatic nitrogens is 3. The summed E-state index contributed by atoms with van der Waals surface area (Å²) in [5, 5.41) is 8.31. The molecule has 1 aliphatic rings. The Balaban J connectivity index is 1.63. The van der Waals surface area contributed by atoms with Gasteiger partial charge in [0.25, 0.3) is 0 Å². The van der Waals surface area contributed by atoms with Crippen molar-refractivity contribution in [3.8, 4) is 11.3 Å². The number of benzene rings is 1. The van der Waals surface area contributed by atoms with Crippen LogP contribution in [0.15, 0.2) is 30.5 Å². The van der Waals surface area contributed by atoms with Crippen LogP contribution in [0.5, 0.6) is 0 Å². The molecule has 0 spiro atoms. The van der Waals surface area contributed by atoms with Gasteiger partial charge in [-0.2, -0.15) is 0 Å². The summed E-state index contributed by atoms with van der Waals surface area (Å²) >= 11 is 0. The quantitative estimate of drug-likeness (QED) is 0.807. The van der Waals surface area contributed by atoms with Crippen molar-refractivity contribution in [2.75, 3.05) is 13.1 Å². The van der Waals surface area contributed by atoms with Crippen molar-refractivity contribution < 1.29 is 9.53 Å². The van der Waals surface area contributed by atoms with E-state index < -0.39 is 5.60 Å². The van der Waals surface area contributed by atoms with Crippen molar-refractivity contribution in [2.24, 2.45) is 5.41 Å². The third kappa shape index (κ3) is 4.87. The first kappa shape index (κ1) is 19.4. The Morgan fingerprint density at radius 2 is 1.74 bits per heavy atom. The van der Waals surface area contributed by atoms with Crippen LogP contribution < -0.4 is 0 Å². The highest BCUT2D eigenvalue weighted by atomic mass is 16.6. The Bertz CT molecular complexity index is 791. The summed E-state index contributed by atoms with van der Waals surface area (Å²) in [5.74, 6) is 0.365. The van der Waals surface area contributed by atoms with Crippen molar-refractivity contribution in [3.05, 3.63) is 36.0 Å². The summed E-state index contributed by atoms with van der Waals surface area (Å²) in [4.78, 5) is 13.8. The second-order valence-electron chi connectivity index (χ2n) is 9.54. The highest BCUT2D eigenvalue weighted by Crippen LogP contribution is 2.30. The average Bonchev–Trinajstić information content (AvgIpc) is 2.90. The van der Waals surface area contributed by atoms with Crippen LogP contribution in [0.4, 0.5) is 4.79 Å². The van der Waals surface area contributed by atoms with E-state index in [1.54, 1.807) is 4.90 Å². The molecule has 0 radical (unpaired) electrons.